The number of nitrogens with zero attached hydrogens (tertiary/aromatic N) is 1. The Labute approximate surface area is 125 Å². The molecule has 0 bridgehead atoms. The van der Waals surface area contributed by atoms with Crippen molar-refractivity contribution < 1.29 is 9.18 Å². The molecule has 5 nitrogen and oxygen atoms in total. The Bertz CT molecular complexity index is 488. The summed E-state index contributed by atoms with van der Waals surface area (Å²) < 4.78 is 13.0. The zero-order valence-electron chi connectivity index (χ0n) is 12.7. The summed E-state index contributed by atoms with van der Waals surface area (Å²) in [6.45, 7) is 5.15. The Balaban J connectivity index is 2.34. The van der Waals surface area contributed by atoms with E-state index < -0.39 is 0 Å². The Morgan fingerprint density at radius 2 is 2.10 bits per heavy atom. The summed E-state index contributed by atoms with van der Waals surface area (Å²) in [6, 6.07) is 5.78. The smallest absolute Gasteiger partial charge is 0.243 e. The maximum atomic E-state index is 13.0. The molecule has 0 saturated carbocycles. The molecule has 1 aromatic carbocycles. The molecule has 0 fully saturated rings. The maximum absolute atomic E-state index is 13.0. The lowest BCUT2D eigenvalue weighted by atomic mass is 10.1. The Hall–Kier alpha value is -2.11. The van der Waals surface area contributed by atoms with Gasteiger partial charge in [-0.3, -0.25) is 9.79 Å². The van der Waals surface area contributed by atoms with Crippen molar-refractivity contribution in [2.24, 2.45) is 10.9 Å². The van der Waals surface area contributed by atoms with E-state index in [4.69, 9.17) is 0 Å². The van der Waals surface area contributed by atoms with Crippen LogP contribution in [0.15, 0.2) is 29.3 Å². The number of nitrogens with one attached hydrogen (secondary N) is 3. The fraction of sp³-hybridized carbons (Fsp3) is 0.467. The molecule has 21 heavy (non-hydrogen) atoms. The van der Waals surface area contributed by atoms with Crippen LogP contribution >= 0.6 is 0 Å². The van der Waals surface area contributed by atoms with E-state index in [1.807, 2.05) is 0 Å². The molecule has 1 aromatic rings. The summed E-state index contributed by atoms with van der Waals surface area (Å²) >= 11 is 0. The van der Waals surface area contributed by atoms with Gasteiger partial charge in [0, 0.05) is 19.3 Å². The van der Waals surface area contributed by atoms with Crippen LogP contribution in [-0.4, -0.2) is 32.0 Å². The van der Waals surface area contributed by atoms with Crippen LogP contribution in [0.25, 0.3) is 0 Å². The Morgan fingerprint density at radius 1 is 1.33 bits per heavy atom. The first kappa shape index (κ1) is 16.9. The van der Waals surface area contributed by atoms with Crippen molar-refractivity contribution in [2.45, 2.75) is 20.3 Å². The molecular weight excluding hydrogens is 271 g/mol. The molecule has 0 spiro atoms. The normalized spacial score (nSPS) is 11.4. The van der Waals surface area contributed by atoms with E-state index in [-0.39, 0.29) is 18.3 Å². The van der Waals surface area contributed by atoms with Gasteiger partial charge in [0.05, 0.1) is 6.54 Å². The largest absolute Gasteiger partial charge is 0.356 e. The molecule has 0 aromatic heterocycles. The van der Waals surface area contributed by atoms with Gasteiger partial charge < -0.3 is 16.0 Å². The number of aliphatic imine (C=N–C) groups is 1. The lowest BCUT2D eigenvalue weighted by Crippen LogP contribution is -2.41. The molecule has 3 N–H and O–H groups in total. The number of guanidine groups is 1. The van der Waals surface area contributed by atoms with Gasteiger partial charge in [-0.25, -0.2) is 4.39 Å². The number of rotatable bonds is 6. The van der Waals surface area contributed by atoms with Crippen molar-refractivity contribution in [3.05, 3.63) is 30.1 Å². The molecule has 0 aliphatic carbocycles. The zero-order chi connectivity index (χ0) is 15.7. The number of amides is 1. The third-order valence-electron chi connectivity index (χ3n) is 2.76. The van der Waals surface area contributed by atoms with Crippen molar-refractivity contribution in [1.29, 1.82) is 0 Å². The molecule has 0 radical (unpaired) electrons. The van der Waals surface area contributed by atoms with Crippen LogP contribution in [-0.2, 0) is 4.79 Å². The summed E-state index contributed by atoms with van der Waals surface area (Å²) in [5, 5.41) is 8.65. The van der Waals surface area contributed by atoms with Crippen molar-refractivity contribution in [2.75, 3.05) is 25.5 Å². The van der Waals surface area contributed by atoms with Gasteiger partial charge in [0.2, 0.25) is 5.91 Å². The number of hydrogen-bond donors (Lipinski definition) is 3. The van der Waals surface area contributed by atoms with Gasteiger partial charge in [0.25, 0.3) is 0 Å². The summed E-state index contributed by atoms with van der Waals surface area (Å²) in [5.74, 6) is 0.538. The van der Waals surface area contributed by atoms with Gasteiger partial charge in [0.1, 0.15) is 5.82 Å². The van der Waals surface area contributed by atoms with Crippen LogP contribution in [0.1, 0.15) is 20.3 Å². The first-order chi connectivity index (χ1) is 10.0. The summed E-state index contributed by atoms with van der Waals surface area (Å²) in [5.41, 5.74) is 0.435. The molecule has 1 amide bonds. The predicted octanol–water partition coefficient (Wildman–Crippen LogP) is 1.98. The molecule has 0 aliphatic rings. The number of benzene rings is 1. The van der Waals surface area contributed by atoms with Crippen LogP contribution in [0.3, 0.4) is 0 Å². The van der Waals surface area contributed by atoms with Crippen LogP contribution in [0.2, 0.25) is 0 Å². The first-order valence-electron chi connectivity index (χ1n) is 7.01. The third kappa shape index (κ3) is 7.29. The first-order valence-corrected chi connectivity index (χ1v) is 7.01. The van der Waals surface area contributed by atoms with E-state index in [0.29, 0.717) is 17.6 Å². The summed E-state index contributed by atoms with van der Waals surface area (Å²) in [7, 11) is 1.65. The number of anilines is 1. The van der Waals surface area contributed by atoms with Gasteiger partial charge in [-0.1, -0.05) is 19.9 Å². The second-order valence-corrected chi connectivity index (χ2v) is 5.09. The van der Waals surface area contributed by atoms with Crippen molar-refractivity contribution in [1.82, 2.24) is 10.6 Å². The second-order valence-electron chi connectivity index (χ2n) is 5.09. The van der Waals surface area contributed by atoms with Crippen molar-refractivity contribution >= 4 is 17.6 Å². The molecule has 116 valence electrons. The molecule has 0 saturated heterocycles. The monoisotopic (exact) mass is 294 g/mol. The standard InChI is InChI=1S/C15H23FN4O/c1-11(2)7-8-18-15(17-3)19-10-14(21)20-13-6-4-5-12(16)9-13/h4-6,9,11H,7-8,10H2,1-3H3,(H,20,21)(H2,17,18,19). The van der Waals surface area contributed by atoms with E-state index >= 15 is 0 Å². The lowest BCUT2D eigenvalue weighted by molar-refractivity contribution is -0.115. The van der Waals surface area contributed by atoms with Crippen LogP contribution < -0.4 is 16.0 Å². The molecule has 0 unspecified atom stereocenters. The average molecular weight is 294 g/mol. The van der Waals surface area contributed by atoms with Gasteiger partial charge in [-0.15, -0.1) is 0 Å². The minimum absolute atomic E-state index is 0.0673. The summed E-state index contributed by atoms with van der Waals surface area (Å²) in [4.78, 5) is 15.8. The van der Waals surface area contributed by atoms with Crippen molar-refractivity contribution in [3.8, 4) is 0 Å². The number of carbonyl (C=O) groups excluding carboxylic acids is 1. The minimum atomic E-state index is -0.382. The Kier molecular flexibility index (Phi) is 7.21. The third-order valence-corrected chi connectivity index (χ3v) is 2.76. The van der Waals surface area contributed by atoms with E-state index in [0.717, 1.165) is 13.0 Å². The van der Waals surface area contributed by atoms with E-state index in [2.05, 4.69) is 34.8 Å². The highest BCUT2D eigenvalue weighted by molar-refractivity contribution is 5.94. The molecule has 0 heterocycles. The topological polar surface area (TPSA) is 65.5 Å². The highest BCUT2D eigenvalue weighted by atomic mass is 19.1. The van der Waals surface area contributed by atoms with E-state index in [1.54, 1.807) is 19.2 Å². The quantitative estimate of drug-likeness (QED) is 0.555. The number of halogens is 1. The highest BCUT2D eigenvalue weighted by Crippen LogP contribution is 2.08. The fourth-order valence-electron chi connectivity index (χ4n) is 1.64. The Morgan fingerprint density at radius 3 is 2.71 bits per heavy atom. The van der Waals surface area contributed by atoms with Gasteiger partial charge in [-0.05, 0) is 30.5 Å². The SMILES string of the molecule is CN=C(NCCC(C)C)NCC(=O)Nc1cccc(F)c1. The molecule has 6 heteroatoms. The minimum Gasteiger partial charge on any atom is -0.356 e. The summed E-state index contributed by atoms with van der Waals surface area (Å²) in [6.07, 6.45) is 1.02. The molecule has 0 aliphatic heterocycles. The lowest BCUT2D eigenvalue weighted by Gasteiger charge is -2.12. The number of hydrogen-bond acceptors (Lipinski definition) is 2. The van der Waals surface area contributed by atoms with E-state index in [1.165, 1.54) is 12.1 Å². The molecular formula is C15H23FN4O. The van der Waals surface area contributed by atoms with Crippen LogP contribution in [0.5, 0.6) is 0 Å². The maximum Gasteiger partial charge on any atom is 0.243 e. The van der Waals surface area contributed by atoms with Crippen molar-refractivity contribution in [3.63, 3.8) is 0 Å². The van der Waals surface area contributed by atoms with Crippen LogP contribution in [0.4, 0.5) is 10.1 Å². The molecule has 1 rings (SSSR count). The van der Waals surface area contributed by atoms with Gasteiger partial charge in [-0.2, -0.15) is 0 Å². The van der Waals surface area contributed by atoms with E-state index in [9.17, 15) is 9.18 Å². The van der Waals surface area contributed by atoms with Crippen LogP contribution in [0, 0.1) is 11.7 Å². The highest BCUT2D eigenvalue weighted by Gasteiger charge is 2.05. The predicted molar refractivity (Wildman–Crippen MR) is 83.8 cm³/mol. The second kappa shape index (κ2) is 8.94. The number of carbonyl (C=O) groups is 1. The molecule has 0 atom stereocenters. The zero-order valence-corrected chi connectivity index (χ0v) is 12.7. The van der Waals surface area contributed by atoms with Gasteiger partial charge >= 0.3 is 0 Å². The fourth-order valence-corrected chi connectivity index (χ4v) is 1.64. The average Bonchev–Trinajstić information content (AvgIpc) is 2.42. The van der Waals surface area contributed by atoms with Gasteiger partial charge in [0.15, 0.2) is 5.96 Å².